The molecule has 1 aliphatic carbocycles. The van der Waals surface area contributed by atoms with Crippen LogP contribution in [-0.2, 0) is 43.2 Å². The Bertz CT molecular complexity index is 895. The number of carbonyl (C=O) groups excluding carboxylic acids is 2. The third kappa shape index (κ3) is 5.09. The van der Waals surface area contributed by atoms with E-state index in [0.717, 1.165) is 19.3 Å². The molecule has 12 heteroatoms. The zero-order valence-corrected chi connectivity index (χ0v) is 20.8. The van der Waals surface area contributed by atoms with Crippen LogP contribution in [-0.4, -0.2) is 64.0 Å². The Kier molecular flexibility index (Phi) is 7.61. The highest BCUT2D eigenvalue weighted by Crippen LogP contribution is 2.60. The highest BCUT2D eigenvalue weighted by Gasteiger charge is 2.69. The van der Waals surface area contributed by atoms with Gasteiger partial charge >= 0.3 is 17.9 Å². The molecule has 0 radical (unpaired) electrons. The molecule has 5 rings (SSSR count). The molecule has 36 heavy (non-hydrogen) atoms. The molecule has 1 saturated carbocycles. The number of carboxylic acids is 2. The minimum absolute atomic E-state index is 0.0215. The Morgan fingerprint density at radius 3 is 2.47 bits per heavy atom. The third-order valence-electron chi connectivity index (χ3n) is 8.18. The number of rotatable bonds is 9. The van der Waals surface area contributed by atoms with Crippen molar-refractivity contribution in [1.29, 1.82) is 0 Å². The summed E-state index contributed by atoms with van der Waals surface area (Å²) < 4.78 is 18.0. The average molecular weight is 514 g/mol. The molecule has 0 aromatic rings. The van der Waals surface area contributed by atoms with Crippen LogP contribution in [0.5, 0.6) is 0 Å². The maximum Gasteiger partial charge on any atom is 0.326 e. The molecule has 202 valence electrons. The molecule has 4 aliphatic heterocycles. The van der Waals surface area contributed by atoms with Crippen LogP contribution in [0.4, 0.5) is 0 Å². The minimum atomic E-state index is -1.35. The van der Waals surface area contributed by atoms with Crippen molar-refractivity contribution >= 4 is 23.8 Å². The van der Waals surface area contributed by atoms with Crippen molar-refractivity contribution in [3.8, 4) is 0 Å². The Balaban J connectivity index is 1.36. The van der Waals surface area contributed by atoms with Crippen LogP contribution in [0.2, 0.25) is 0 Å². The number of fused-ring (bicyclic) bond motifs is 2. The van der Waals surface area contributed by atoms with E-state index in [2.05, 4.69) is 12.2 Å². The normalized spacial score (nSPS) is 39.9. The third-order valence-corrected chi connectivity index (χ3v) is 8.18. The minimum Gasteiger partial charge on any atom is -0.481 e. The van der Waals surface area contributed by atoms with Gasteiger partial charge in [-0.15, -0.1) is 0 Å². The van der Waals surface area contributed by atoms with Crippen molar-refractivity contribution in [3.05, 3.63) is 0 Å². The predicted molar refractivity (Wildman–Crippen MR) is 119 cm³/mol. The standard InChI is InChI=1S/C24H35NO11/c1-12-4-5-15-13(2)21(33-22-24(15)14(12)10-11-23(3,34-22)35-36-24)32-19(29)9-7-17(26)25-16(20(30)31)6-8-18(27)28/h12-16,21-22H,4-11H2,1-3H3,(H,25,26)(H,27,28)(H,30,31)/t12-,13-,14+,15+,16+,21-,22-,23?,24?/m1/s1. The van der Waals surface area contributed by atoms with Gasteiger partial charge in [0.15, 0.2) is 11.9 Å². The number of esters is 1. The van der Waals surface area contributed by atoms with E-state index in [-0.39, 0.29) is 37.0 Å². The lowest BCUT2D eigenvalue weighted by atomic mass is 9.58. The number of amides is 1. The van der Waals surface area contributed by atoms with E-state index in [4.69, 9.17) is 29.1 Å². The van der Waals surface area contributed by atoms with E-state index in [1.54, 1.807) is 6.92 Å². The van der Waals surface area contributed by atoms with E-state index in [1.165, 1.54) is 0 Å². The Hall–Kier alpha value is -2.28. The number of hydrogen-bond donors (Lipinski definition) is 3. The van der Waals surface area contributed by atoms with Crippen LogP contribution in [0, 0.1) is 23.7 Å². The molecular weight excluding hydrogens is 478 g/mol. The van der Waals surface area contributed by atoms with Gasteiger partial charge in [-0.2, -0.15) is 0 Å². The second-order valence-electron chi connectivity index (χ2n) is 10.7. The number of ether oxygens (including phenoxy) is 3. The SMILES string of the molecule is C[C@H]1[C@H](OC(=O)CCC(=O)N[C@@H](CCC(=O)O)C(=O)O)O[C@@H]2OC3(C)CC[C@H]4[C@H](C)CC[C@@H]1C24OO3. The van der Waals surface area contributed by atoms with Gasteiger partial charge in [-0.05, 0) is 44.4 Å². The first kappa shape index (κ1) is 26.8. The monoisotopic (exact) mass is 513 g/mol. The van der Waals surface area contributed by atoms with Gasteiger partial charge in [0.2, 0.25) is 18.0 Å². The van der Waals surface area contributed by atoms with Gasteiger partial charge in [0.05, 0.1) is 6.42 Å². The van der Waals surface area contributed by atoms with Crippen molar-refractivity contribution in [3.63, 3.8) is 0 Å². The fraction of sp³-hybridized carbons (Fsp3) is 0.833. The molecular formula is C24H35NO11. The van der Waals surface area contributed by atoms with Crippen molar-refractivity contribution in [1.82, 2.24) is 5.32 Å². The van der Waals surface area contributed by atoms with Gasteiger partial charge in [-0.25, -0.2) is 14.6 Å². The molecule has 2 unspecified atom stereocenters. The number of nitrogens with one attached hydrogen (secondary N) is 1. The average Bonchev–Trinajstić information content (AvgIpc) is 3.04. The van der Waals surface area contributed by atoms with Gasteiger partial charge in [-0.3, -0.25) is 14.4 Å². The van der Waals surface area contributed by atoms with E-state index in [1.807, 2.05) is 6.92 Å². The highest BCUT2D eigenvalue weighted by atomic mass is 17.3. The maximum absolute atomic E-state index is 12.6. The van der Waals surface area contributed by atoms with Crippen LogP contribution in [0.1, 0.15) is 72.1 Å². The molecule has 0 aromatic heterocycles. The van der Waals surface area contributed by atoms with Crippen LogP contribution >= 0.6 is 0 Å². The second-order valence-corrected chi connectivity index (χ2v) is 10.7. The number of carbonyl (C=O) groups is 4. The first-order valence-electron chi connectivity index (χ1n) is 12.6. The van der Waals surface area contributed by atoms with E-state index < -0.39 is 60.2 Å². The maximum atomic E-state index is 12.6. The number of carboxylic acid groups (broad SMARTS) is 2. The summed E-state index contributed by atoms with van der Waals surface area (Å²) in [4.78, 5) is 58.5. The molecule has 3 N–H and O–H groups in total. The molecule has 5 fully saturated rings. The lowest BCUT2D eigenvalue weighted by Crippen LogP contribution is -2.70. The predicted octanol–water partition coefficient (Wildman–Crippen LogP) is 1.95. The summed E-state index contributed by atoms with van der Waals surface area (Å²) in [6.07, 6.45) is 0.452. The zero-order chi connectivity index (χ0) is 26.3. The largest absolute Gasteiger partial charge is 0.481 e. The van der Waals surface area contributed by atoms with Crippen LogP contribution in [0.3, 0.4) is 0 Å². The molecule has 5 aliphatic rings. The lowest BCUT2D eigenvalue weighted by Gasteiger charge is -2.59. The molecule has 4 saturated heterocycles. The van der Waals surface area contributed by atoms with E-state index in [9.17, 15) is 24.3 Å². The van der Waals surface area contributed by atoms with Gasteiger partial charge in [0.25, 0.3) is 0 Å². The molecule has 12 nitrogen and oxygen atoms in total. The van der Waals surface area contributed by atoms with Gasteiger partial charge in [0, 0.05) is 31.1 Å². The summed E-state index contributed by atoms with van der Waals surface area (Å²) in [5.41, 5.74) is -0.780. The molecule has 0 aromatic carbocycles. The lowest BCUT2D eigenvalue weighted by molar-refractivity contribution is -0.576. The zero-order valence-electron chi connectivity index (χ0n) is 20.8. The van der Waals surface area contributed by atoms with Crippen LogP contribution in [0.25, 0.3) is 0 Å². The Morgan fingerprint density at radius 1 is 1.03 bits per heavy atom. The summed E-state index contributed by atoms with van der Waals surface area (Å²) in [5.74, 6) is -4.48. The van der Waals surface area contributed by atoms with Gasteiger partial charge in [0.1, 0.15) is 6.04 Å². The first-order valence-corrected chi connectivity index (χ1v) is 12.6. The summed E-state index contributed by atoms with van der Waals surface area (Å²) in [6.45, 7) is 5.95. The molecule has 9 atom stereocenters. The van der Waals surface area contributed by atoms with Crippen LogP contribution in [0.15, 0.2) is 0 Å². The quantitative estimate of drug-likeness (QED) is 0.304. The number of hydrogen-bond acceptors (Lipinski definition) is 9. The molecule has 2 bridgehead atoms. The van der Waals surface area contributed by atoms with Crippen molar-refractivity contribution in [2.75, 3.05) is 0 Å². The summed E-state index contributed by atoms with van der Waals surface area (Å²) >= 11 is 0. The highest BCUT2D eigenvalue weighted by molar-refractivity contribution is 5.86. The molecule has 1 spiro atoms. The Morgan fingerprint density at radius 2 is 1.78 bits per heavy atom. The summed E-state index contributed by atoms with van der Waals surface area (Å²) in [5, 5.41) is 20.2. The van der Waals surface area contributed by atoms with Crippen molar-refractivity contribution in [2.45, 2.75) is 102 Å². The van der Waals surface area contributed by atoms with Gasteiger partial charge < -0.3 is 29.7 Å². The fourth-order valence-corrected chi connectivity index (χ4v) is 6.20. The Labute approximate surface area is 208 Å². The summed E-state index contributed by atoms with van der Waals surface area (Å²) in [6, 6.07) is -1.35. The van der Waals surface area contributed by atoms with Crippen molar-refractivity contribution < 1.29 is 53.4 Å². The molecule has 4 heterocycles. The summed E-state index contributed by atoms with van der Waals surface area (Å²) in [7, 11) is 0. The molecule has 1 amide bonds. The topological polar surface area (TPSA) is 167 Å². The fourth-order valence-electron chi connectivity index (χ4n) is 6.20. The van der Waals surface area contributed by atoms with Crippen molar-refractivity contribution in [2.24, 2.45) is 23.7 Å². The van der Waals surface area contributed by atoms with E-state index >= 15 is 0 Å². The van der Waals surface area contributed by atoms with Gasteiger partial charge in [-0.1, -0.05) is 13.8 Å². The smallest absolute Gasteiger partial charge is 0.326 e. The van der Waals surface area contributed by atoms with E-state index in [0.29, 0.717) is 12.3 Å². The van der Waals surface area contributed by atoms with Crippen LogP contribution < -0.4 is 5.32 Å². The second kappa shape index (κ2) is 10.2. The first-order chi connectivity index (χ1) is 16.9. The number of aliphatic carboxylic acids is 2.